The van der Waals surface area contributed by atoms with E-state index in [0.717, 1.165) is 11.8 Å². The van der Waals surface area contributed by atoms with Crippen molar-refractivity contribution in [2.75, 3.05) is 20.3 Å². The number of H-pyrrole nitrogens is 1. The molecule has 0 fully saturated rings. The quantitative estimate of drug-likeness (QED) is 0.147. The molecule has 0 aliphatic heterocycles. The Morgan fingerprint density at radius 2 is 1.77 bits per heavy atom. The van der Waals surface area contributed by atoms with Crippen molar-refractivity contribution in [3.05, 3.63) is 53.7 Å². The Kier molecular flexibility index (Phi) is 9.45. The van der Waals surface area contributed by atoms with Crippen LogP contribution in [0, 0.1) is 18.2 Å². The van der Waals surface area contributed by atoms with E-state index in [1.54, 1.807) is 32.9 Å². The lowest BCUT2D eigenvalue weighted by Crippen LogP contribution is -2.32. The third-order valence-electron chi connectivity index (χ3n) is 6.25. The molecule has 0 amide bonds. The third-order valence-corrected chi connectivity index (χ3v) is 7.96. The van der Waals surface area contributed by atoms with Gasteiger partial charge in [-0.2, -0.15) is 13.2 Å². The monoisotopic (exact) mass is 581 g/mol. The molecule has 0 spiro atoms. The first-order chi connectivity index (χ1) is 18.5. The Labute approximate surface area is 232 Å². The highest BCUT2D eigenvalue weighted by Crippen LogP contribution is 2.37. The highest BCUT2D eigenvalue weighted by atomic mass is 28.3. The molecule has 40 heavy (non-hydrogen) atoms. The van der Waals surface area contributed by atoms with Gasteiger partial charge < -0.3 is 19.2 Å². The molecule has 0 aliphatic rings. The maximum atomic E-state index is 15.2. The van der Waals surface area contributed by atoms with Gasteiger partial charge in [-0.05, 0) is 50.1 Å². The molecule has 1 aromatic carbocycles. The Hall–Kier alpha value is -3.25. The van der Waals surface area contributed by atoms with Crippen LogP contribution in [0.25, 0.3) is 22.5 Å². The van der Waals surface area contributed by atoms with Gasteiger partial charge in [-0.25, -0.2) is 14.4 Å². The van der Waals surface area contributed by atoms with Gasteiger partial charge in [-0.1, -0.05) is 25.7 Å². The van der Waals surface area contributed by atoms with Crippen molar-refractivity contribution in [2.45, 2.75) is 58.7 Å². The zero-order valence-electron chi connectivity index (χ0n) is 23.7. The van der Waals surface area contributed by atoms with Gasteiger partial charge >= 0.3 is 12.1 Å². The lowest BCUT2D eigenvalue weighted by Gasteiger charge is -2.22. The average molecular weight is 582 g/mol. The molecule has 2 aromatic heterocycles. The number of esters is 1. The van der Waals surface area contributed by atoms with Gasteiger partial charge in [0.1, 0.15) is 18.2 Å². The fourth-order valence-corrected chi connectivity index (χ4v) is 4.55. The second-order valence-corrected chi connectivity index (χ2v) is 17.1. The van der Waals surface area contributed by atoms with Crippen LogP contribution in [0.3, 0.4) is 0 Å². The SMILES string of the molecule is COC(=O)C(C)(C)COc1cc(C)c(-c2ccc(-c3ncc(C(OCC[Si](C)(C)C)C(F)(F)F)[nH]3)c(F)c2)cn1. The minimum absolute atomic E-state index is 0.0219. The van der Waals surface area contributed by atoms with Gasteiger partial charge in [0.05, 0.1) is 30.0 Å². The number of imidazole rings is 1. The van der Waals surface area contributed by atoms with E-state index in [1.807, 2.05) is 19.6 Å². The first-order valence-electron chi connectivity index (χ1n) is 12.7. The van der Waals surface area contributed by atoms with E-state index in [-0.39, 0.29) is 30.3 Å². The van der Waals surface area contributed by atoms with Crippen molar-refractivity contribution in [3.63, 3.8) is 0 Å². The number of carbonyl (C=O) groups excluding carboxylic acids is 1. The van der Waals surface area contributed by atoms with E-state index in [9.17, 15) is 18.0 Å². The molecule has 12 heteroatoms. The molecular formula is C28H35F4N3O4Si. The minimum atomic E-state index is -4.65. The number of hydrogen-bond acceptors (Lipinski definition) is 6. The van der Waals surface area contributed by atoms with Crippen LogP contribution in [0.1, 0.15) is 31.2 Å². The van der Waals surface area contributed by atoms with Crippen LogP contribution in [0.15, 0.2) is 36.7 Å². The highest BCUT2D eigenvalue weighted by Gasteiger charge is 2.43. The molecule has 0 aliphatic carbocycles. The van der Waals surface area contributed by atoms with Gasteiger partial charge in [0.15, 0.2) is 6.10 Å². The number of hydrogen-bond donors (Lipinski definition) is 1. The smallest absolute Gasteiger partial charge is 0.420 e. The Balaban J connectivity index is 1.78. The predicted molar refractivity (Wildman–Crippen MR) is 146 cm³/mol. The van der Waals surface area contributed by atoms with Crippen LogP contribution in [-0.2, 0) is 14.3 Å². The number of methoxy groups -OCH3 is 1. The van der Waals surface area contributed by atoms with Gasteiger partial charge in [-0.15, -0.1) is 0 Å². The number of aromatic amines is 1. The second kappa shape index (κ2) is 12.1. The molecular weight excluding hydrogens is 546 g/mol. The first kappa shape index (κ1) is 31.3. The minimum Gasteiger partial charge on any atom is -0.476 e. The van der Waals surface area contributed by atoms with E-state index < -0.39 is 37.6 Å². The molecule has 3 rings (SSSR count). The van der Waals surface area contributed by atoms with Crippen LogP contribution >= 0.6 is 0 Å². The number of aromatic nitrogens is 3. The molecule has 1 unspecified atom stereocenters. The van der Waals surface area contributed by atoms with Crippen LogP contribution in [-0.4, -0.2) is 55.5 Å². The van der Waals surface area contributed by atoms with E-state index in [2.05, 4.69) is 15.0 Å². The fourth-order valence-electron chi connectivity index (χ4n) is 3.82. The summed E-state index contributed by atoms with van der Waals surface area (Å²) in [6.45, 7) is 11.4. The summed E-state index contributed by atoms with van der Waals surface area (Å²) in [5.74, 6) is -0.816. The summed E-state index contributed by atoms with van der Waals surface area (Å²) in [7, 11) is -0.287. The number of halogens is 4. The second-order valence-electron chi connectivity index (χ2n) is 11.5. The maximum Gasteiger partial charge on any atom is 0.420 e. The van der Waals surface area contributed by atoms with Gasteiger partial charge in [0.25, 0.3) is 0 Å². The fraction of sp³-hybridized carbons (Fsp3) is 0.464. The van der Waals surface area contributed by atoms with E-state index in [4.69, 9.17) is 14.2 Å². The topological polar surface area (TPSA) is 86.3 Å². The molecule has 0 radical (unpaired) electrons. The molecule has 1 atom stereocenters. The summed E-state index contributed by atoms with van der Waals surface area (Å²) < 4.78 is 72.0. The normalized spacial score (nSPS) is 13.3. The number of nitrogens with one attached hydrogen (secondary N) is 1. The molecule has 7 nitrogen and oxygen atoms in total. The van der Waals surface area contributed by atoms with E-state index in [1.165, 1.54) is 25.4 Å². The molecule has 3 aromatic rings. The average Bonchev–Trinajstić information content (AvgIpc) is 3.32. The number of benzene rings is 1. The molecule has 218 valence electrons. The van der Waals surface area contributed by atoms with Crippen molar-refractivity contribution in [2.24, 2.45) is 5.41 Å². The van der Waals surface area contributed by atoms with Crippen LogP contribution in [0.2, 0.25) is 25.7 Å². The highest BCUT2D eigenvalue weighted by molar-refractivity contribution is 6.76. The van der Waals surface area contributed by atoms with Gasteiger partial charge in [0.2, 0.25) is 5.88 Å². The predicted octanol–water partition coefficient (Wildman–Crippen LogP) is 7.12. The summed E-state index contributed by atoms with van der Waals surface area (Å²) >= 11 is 0. The molecule has 0 saturated carbocycles. The van der Waals surface area contributed by atoms with Crippen molar-refractivity contribution in [1.82, 2.24) is 15.0 Å². The van der Waals surface area contributed by atoms with Crippen LogP contribution in [0.5, 0.6) is 5.88 Å². The number of nitrogens with zero attached hydrogens (tertiary/aromatic N) is 2. The van der Waals surface area contributed by atoms with Gasteiger partial charge in [0, 0.05) is 32.5 Å². The van der Waals surface area contributed by atoms with E-state index >= 15 is 4.39 Å². The van der Waals surface area contributed by atoms with Crippen molar-refractivity contribution >= 4 is 14.0 Å². The number of carbonyl (C=O) groups is 1. The van der Waals surface area contributed by atoms with Crippen LogP contribution in [0.4, 0.5) is 17.6 Å². The summed E-state index contributed by atoms with van der Waals surface area (Å²) in [6, 6.07) is 6.60. The first-order valence-corrected chi connectivity index (χ1v) is 16.4. The number of alkyl halides is 3. The Morgan fingerprint density at radius 1 is 1.07 bits per heavy atom. The zero-order valence-corrected chi connectivity index (χ0v) is 24.7. The molecule has 0 saturated heterocycles. The molecule has 0 bridgehead atoms. The van der Waals surface area contributed by atoms with Crippen LogP contribution < -0.4 is 4.74 Å². The largest absolute Gasteiger partial charge is 0.476 e. The molecule has 1 N–H and O–H groups in total. The Bertz CT molecular complexity index is 1340. The lowest BCUT2D eigenvalue weighted by molar-refractivity contribution is -0.223. The standard InChI is InChI=1S/C28H35F4N3O4Si/c1-17-12-23(39-16-27(2,3)26(36)37-4)33-14-20(17)18-8-9-19(21(29)13-18)25-34-15-22(35-25)24(28(30,31)32)38-10-11-40(5,6)7/h8-9,12-15,24H,10-11,16H2,1-7H3,(H,34,35). The van der Waals surface area contributed by atoms with Crippen molar-refractivity contribution in [1.29, 1.82) is 0 Å². The summed E-state index contributed by atoms with van der Waals surface area (Å²) in [4.78, 5) is 22.7. The van der Waals surface area contributed by atoms with Crippen molar-refractivity contribution < 1.29 is 36.6 Å². The number of ether oxygens (including phenoxy) is 3. The van der Waals surface area contributed by atoms with Crippen molar-refractivity contribution in [3.8, 4) is 28.4 Å². The summed E-state index contributed by atoms with van der Waals surface area (Å²) in [5, 5.41) is 0. The summed E-state index contributed by atoms with van der Waals surface area (Å²) in [6.07, 6.45) is -4.27. The number of pyridine rings is 1. The third kappa shape index (κ3) is 7.91. The lowest BCUT2D eigenvalue weighted by atomic mass is 9.95. The summed E-state index contributed by atoms with van der Waals surface area (Å²) in [5.41, 5.74) is 0.770. The number of rotatable bonds is 11. The number of aryl methyl sites for hydroxylation is 1. The Morgan fingerprint density at radius 3 is 2.35 bits per heavy atom. The molecule has 2 heterocycles. The van der Waals surface area contributed by atoms with E-state index in [0.29, 0.717) is 23.1 Å². The zero-order chi connectivity index (χ0) is 29.9. The maximum absolute atomic E-state index is 15.2. The van der Waals surface area contributed by atoms with Gasteiger partial charge in [-0.3, -0.25) is 4.79 Å².